The summed E-state index contributed by atoms with van der Waals surface area (Å²) in [6.07, 6.45) is 1.16. The second-order valence-corrected chi connectivity index (χ2v) is 5.41. The number of aromatic nitrogens is 2. The van der Waals surface area contributed by atoms with Crippen LogP contribution in [-0.2, 0) is 6.54 Å². The molecule has 5 nitrogen and oxygen atoms in total. The lowest BCUT2D eigenvalue weighted by Gasteiger charge is -2.12. The zero-order chi connectivity index (χ0) is 13.9. The normalized spacial score (nSPS) is 19.6. The number of nitrogens with one attached hydrogen (secondary N) is 1. The van der Waals surface area contributed by atoms with Crippen molar-refractivity contribution in [3.8, 4) is 11.5 Å². The molecule has 106 valence electrons. The van der Waals surface area contributed by atoms with E-state index in [9.17, 15) is 0 Å². The number of hydrogen-bond donors (Lipinski definition) is 1. The van der Waals surface area contributed by atoms with Crippen molar-refractivity contribution in [3.05, 3.63) is 35.1 Å². The third-order valence-electron chi connectivity index (χ3n) is 3.62. The quantitative estimate of drug-likeness (QED) is 0.936. The Hall–Kier alpha value is -1.43. The fraction of sp³-hybridized carbons (Fsp3) is 0.429. The minimum atomic E-state index is 0.481. The first-order chi connectivity index (χ1) is 9.76. The molecular weight excluding hydrogens is 276 g/mol. The Morgan fingerprint density at radius 2 is 2.30 bits per heavy atom. The van der Waals surface area contributed by atoms with Gasteiger partial charge in [0.15, 0.2) is 5.82 Å². The molecule has 20 heavy (non-hydrogen) atoms. The van der Waals surface area contributed by atoms with Crippen LogP contribution in [0.1, 0.15) is 12.2 Å². The highest BCUT2D eigenvalue weighted by Gasteiger charge is 2.22. The van der Waals surface area contributed by atoms with E-state index in [0.717, 1.165) is 25.1 Å². The van der Waals surface area contributed by atoms with Gasteiger partial charge >= 0.3 is 0 Å². The maximum Gasteiger partial charge on any atom is 0.259 e. The molecule has 6 heteroatoms. The lowest BCUT2D eigenvalue weighted by atomic mass is 10.2. The van der Waals surface area contributed by atoms with E-state index in [1.54, 1.807) is 0 Å². The van der Waals surface area contributed by atoms with Crippen LogP contribution in [0.25, 0.3) is 11.5 Å². The van der Waals surface area contributed by atoms with E-state index < -0.39 is 0 Å². The standard InChI is InChI=1S/C14H17ClN4O/c1-16-10-6-7-19(8-10)9-13-17-14(20-18-13)11-4-2-3-5-12(11)15/h2-5,10,16H,6-9H2,1H3. The molecule has 1 N–H and O–H groups in total. The van der Waals surface area contributed by atoms with E-state index in [-0.39, 0.29) is 0 Å². The smallest absolute Gasteiger partial charge is 0.259 e. The molecule has 0 bridgehead atoms. The average Bonchev–Trinajstić information content (AvgIpc) is 3.09. The van der Waals surface area contributed by atoms with Crippen LogP contribution in [0.15, 0.2) is 28.8 Å². The lowest BCUT2D eigenvalue weighted by molar-refractivity contribution is 0.305. The second-order valence-electron chi connectivity index (χ2n) is 5.00. The Kier molecular flexibility index (Phi) is 4.00. The maximum absolute atomic E-state index is 6.13. The van der Waals surface area contributed by atoms with Crippen molar-refractivity contribution in [2.45, 2.75) is 19.0 Å². The van der Waals surface area contributed by atoms with Gasteiger partial charge in [-0.3, -0.25) is 4.90 Å². The molecule has 0 aliphatic carbocycles. The van der Waals surface area contributed by atoms with Crippen molar-refractivity contribution in [1.82, 2.24) is 20.4 Å². The van der Waals surface area contributed by atoms with Gasteiger partial charge in [0.2, 0.25) is 0 Å². The zero-order valence-electron chi connectivity index (χ0n) is 11.3. The van der Waals surface area contributed by atoms with Crippen LogP contribution in [0.2, 0.25) is 5.02 Å². The molecule has 1 aliphatic rings. The number of hydrogen-bond acceptors (Lipinski definition) is 5. The third kappa shape index (κ3) is 2.85. The van der Waals surface area contributed by atoms with Crippen molar-refractivity contribution in [1.29, 1.82) is 0 Å². The first kappa shape index (κ1) is 13.5. The molecule has 0 amide bonds. The molecule has 1 aliphatic heterocycles. The predicted molar refractivity (Wildman–Crippen MR) is 77.5 cm³/mol. The highest BCUT2D eigenvalue weighted by Crippen LogP contribution is 2.26. The van der Waals surface area contributed by atoms with Gasteiger partial charge in [-0.25, -0.2) is 0 Å². The largest absolute Gasteiger partial charge is 0.334 e. The summed E-state index contributed by atoms with van der Waals surface area (Å²) < 4.78 is 5.31. The molecule has 1 atom stereocenters. The SMILES string of the molecule is CNC1CCN(Cc2noc(-c3ccccc3Cl)n2)C1. The predicted octanol–water partition coefficient (Wildman–Crippen LogP) is 2.18. The first-order valence-corrected chi connectivity index (χ1v) is 7.11. The summed E-state index contributed by atoms with van der Waals surface area (Å²) in [7, 11) is 2.00. The number of nitrogens with zero attached hydrogens (tertiary/aromatic N) is 3. The van der Waals surface area contributed by atoms with Crippen LogP contribution in [0, 0.1) is 0 Å². The summed E-state index contributed by atoms with van der Waals surface area (Å²) in [5.41, 5.74) is 0.780. The van der Waals surface area contributed by atoms with Crippen molar-refractivity contribution in [2.24, 2.45) is 0 Å². The molecule has 1 aromatic carbocycles. The monoisotopic (exact) mass is 292 g/mol. The summed E-state index contributed by atoms with van der Waals surface area (Å²) in [4.78, 5) is 6.75. The van der Waals surface area contributed by atoms with Gasteiger partial charge in [-0.2, -0.15) is 4.98 Å². The van der Waals surface area contributed by atoms with E-state index in [0.29, 0.717) is 29.3 Å². The number of rotatable bonds is 4. The van der Waals surface area contributed by atoms with Crippen LogP contribution >= 0.6 is 11.6 Å². The Bertz CT molecular complexity index is 586. The minimum absolute atomic E-state index is 0.481. The van der Waals surface area contributed by atoms with Gasteiger partial charge < -0.3 is 9.84 Å². The first-order valence-electron chi connectivity index (χ1n) is 6.73. The third-order valence-corrected chi connectivity index (χ3v) is 3.95. The number of likely N-dealkylation sites (N-methyl/N-ethyl adjacent to an activating group) is 1. The molecule has 1 aromatic heterocycles. The van der Waals surface area contributed by atoms with E-state index in [1.165, 1.54) is 0 Å². The Morgan fingerprint density at radius 1 is 1.45 bits per heavy atom. The summed E-state index contributed by atoms with van der Waals surface area (Å²) in [5.74, 6) is 1.19. The van der Waals surface area contributed by atoms with Crippen molar-refractivity contribution < 1.29 is 4.52 Å². The maximum atomic E-state index is 6.13. The Labute approximate surface area is 122 Å². The molecule has 0 radical (unpaired) electrons. The molecule has 0 saturated carbocycles. The molecule has 1 unspecified atom stereocenters. The Morgan fingerprint density at radius 3 is 3.05 bits per heavy atom. The molecule has 2 aromatic rings. The molecule has 0 spiro atoms. The highest BCUT2D eigenvalue weighted by atomic mass is 35.5. The fourth-order valence-electron chi connectivity index (χ4n) is 2.47. The van der Waals surface area contributed by atoms with E-state index >= 15 is 0 Å². The second kappa shape index (κ2) is 5.91. The fourth-order valence-corrected chi connectivity index (χ4v) is 2.69. The highest BCUT2D eigenvalue weighted by molar-refractivity contribution is 6.33. The molecule has 1 fully saturated rings. The zero-order valence-corrected chi connectivity index (χ0v) is 12.1. The van der Waals surface area contributed by atoms with E-state index in [1.807, 2.05) is 31.3 Å². The topological polar surface area (TPSA) is 54.2 Å². The lowest BCUT2D eigenvalue weighted by Crippen LogP contribution is -2.29. The van der Waals surface area contributed by atoms with Gasteiger partial charge in [0.05, 0.1) is 17.1 Å². The minimum Gasteiger partial charge on any atom is -0.334 e. The number of likely N-dealkylation sites (tertiary alicyclic amines) is 1. The summed E-state index contributed by atoms with van der Waals surface area (Å²) >= 11 is 6.13. The van der Waals surface area contributed by atoms with Gasteiger partial charge in [0, 0.05) is 19.1 Å². The van der Waals surface area contributed by atoms with Crippen LogP contribution < -0.4 is 5.32 Å². The summed E-state index contributed by atoms with van der Waals surface area (Å²) in [5, 5.41) is 7.96. The van der Waals surface area contributed by atoms with Gasteiger partial charge in [0.25, 0.3) is 5.89 Å². The van der Waals surface area contributed by atoms with Gasteiger partial charge in [-0.15, -0.1) is 0 Å². The van der Waals surface area contributed by atoms with Crippen molar-refractivity contribution in [3.63, 3.8) is 0 Å². The molecule has 1 saturated heterocycles. The number of benzene rings is 1. The van der Waals surface area contributed by atoms with Gasteiger partial charge in [-0.1, -0.05) is 28.9 Å². The van der Waals surface area contributed by atoms with Crippen molar-refractivity contribution >= 4 is 11.6 Å². The average molecular weight is 293 g/mol. The molecular formula is C14H17ClN4O. The summed E-state index contributed by atoms with van der Waals surface area (Å²) in [6.45, 7) is 2.79. The van der Waals surface area contributed by atoms with E-state index in [2.05, 4.69) is 20.4 Å². The van der Waals surface area contributed by atoms with Crippen LogP contribution in [0.5, 0.6) is 0 Å². The van der Waals surface area contributed by atoms with E-state index in [4.69, 9.17) is 16.1 Å². The van der Waals surface area contributed by atoms with Gasteiger partial charge in [-0.05, 0) is 25.6 Å². The molecule has 2 heterocycles. The van der Waals surface area contributed by atoms with Crippen LogP contribution in [0.3, 0.4) is 0 Å². The van der Waals surface area contributed by atoms with Crippen LogP contribution in [0.4, 0.5) is 0 Å². The van der Waals surface area contributed by atoms with Crippen molar-refractivity contribution in [2.75, 3.05) is 20.1 Å². The van der Waals surface area contributed by atoms with Gasteiger partial charge in [0.1, 0.15) is 0 Å². The molecule has 3 rings (SSSR count). The summed E-state index contributed by atoms with van der Waals surface area (Å²) in [6, 6.07) is 8.05. The Balaban J connectivity index is 1.70. The van der Waals surface area contributed by atoms with Crippen LogP contribution in [-0.4, -0.2) is 41.2 Å². The number of halogens is 1.